The lowest BCUT2D eigenvalue weighted by Crippen LogP contribution is -2.36. The van der Waals surface area contributed by atoms with Crippen molar-refractivity contribution in [2.24, 2.45) is 0 Å². The average Bonchev–Trinajstić information content (AvgIpc) is 3.58. The van der Waals surface area contributed by atoms with Crippen LogP contribution in [0, 0.1) is 0 Å². The summed E-state index contributed by atoms with van der Waals surface area (Å²) in [5.41, 5.74) is 15.9. The van der Waals surface area contributed by atoms with E-state index in [1.54, 1.807) is 0 Å². The summed E-state index contributed by atoms with van der Waals surface area (Å²) in [5, 5.41) is 7.79. The molecule has 56 heavy (non-hydrogen) atoms. The fourth-order valence-corrected chi connectivity index (χ4v) is 10.2. The van der Waals surface area contributed by atoms with E-state index < -0.39 is 5.41 Å². The maximum atomic E-state index is 2.45. The number of fused-ring (bicyclic) bond motifs is 15. The Balaban J connectivity index is 1.06. The zero-order valence-corrected chi connectivity index (χ0v) is 30.7. The molecule has 0 saturated heterocycles. The van der Waals surface area contributed by atoms with E-state index in [1.165, 1.54) is 99.3 Å². The lowest BCUT2D eigenvalue weighted by molar-refractivity contribution is 0.754. The van der Waals surface area contributed by atoms with E-state index in [0.29, 0.717) is 0 Å². The maximum absolute atomic E-state index is 2.45. The SMILES string of the molecule is c1ccc(N2c3ccccc3C3(c4ccccc4-c4cccc(-c5ccc(-c6ccc7c8ccccc8c8ccccc8c7c6)cc5)c43)c3ccccc32)cc1. The Morgan fingerprint density at radius 1 is 0.286 bits per heavy atom. The highest BCUT2D eigenvalue weighted by atomic mass is 15.2. The van der Waals surface area contributed by atoms with Crippen LogP contribution in [0.4, 0.5) is 17.1 Å². The van der Waals surface area contributed by atoms with Crippen molar-refractivity contribution in [1.82, 2.24) is 0 Å². The van der Waals surface area contributed by atoms with Crippen LogP contribution in [-0.2, 0) is 5.41 Å². The highest BCUT2D eigenvalue weighted by Crippen LogP contribution is 2.64. The quantitative estimate of drug-likeness (QED) is 0.165. The first-order valence-corrected chi connectivity index (χ1v) is 19.5. The van der Waals surface area contributed by atoms with Crippen LogP contribution in [-0.4, -0.2) is 0 Å². The standard InChI is InChI=1S/C55H35N/c1-2-15-39(16-3-1)56-52-27-12-10-25-50(52)55(51-26-11-13-28-53(51)56)49-24-9-8-21-46(49)47-23-14-22-40(54(47)55)37-31-29-36(30-32-37)38-33-34-45-43-19-5-4-17-41(43)42-18-6-7-20-44(42)48(45)35-38/h1-35H. The second-order valence-corrected chi connectivity index (χ2v) is 15.2. The zero-order valence-electron chi connectivity index (χ0n) is 30.7. The van der Waals surface area contributed by atoms with Gasteiger partial charge in [-0.25, -0.2) is 0 Å². The molecule has 1 heteroatoms. The van der Waals surface area contributed by atoms with Crippen molar-refractivity contribution in [3.8, 4) is 33.4 Å². The molecule has 2 aliphatic rings. The number of anilines is 3. The third-order valence-corrected chi connectivity index (χ3v) is 12.4. The molecule has 0 amide bonds. The van der Waals surface area contributed by atoms with Gasteiger partial charge in [0.1, 0.15) is 0 Å². The minimum absolute atomic E-state index is 0.512. The second-order valence-electron chi connectivity index (χ2n) is 15.2. The average molecular weight is 710 g/mol. The van der Waals surface area contributed by atoms with Crippen molar-refractivity contribution < 1.29 is 0 Å². The van der Waals surface area contributed by atoms with E-state index in [0.717, 1.165) is 5.69 Å². The molecule has 1 aliphatic carbocycles. The smallest absolute Gasteiger partial charge is 0.0760 e. The predicted molar refractivity (Wildman–Crippen MR) is 235 cm³/mol. The first-order chi connectivity index (χ1) is 27.8. The van der Waals surface area contributed by atoms with Crippen LogP contribution in [0.5, 0.6) is 0 Å². The molecule has 0 fully saturated rings. The molecule has 0 aromatic heterocycles. The Kier molecular flexibility index (Phi) is 6.62. The van der Waals surface area contributed by atoms with Crippen molar-refractivity contribution in [1.29, 1.82) is 0 Å². The molecular weight excluding hydrogens is 675 g/mol. The van der Waals surface area contributed by atoms with Gasteiger partial charge < -0.3 is 4.90 Å². The lowest BCUT2D eigenvalue weighted by atomic mass is 9.63. The summed E-state index contributed by atoms with van der Waals surface area (Å²) in [6.45, 7) is 0. The zero-order chi connectivity index (χ0) is 36.8. The van der Waals surface area contributed by atoms with Crippen LogP contribution in [0.2, 0.25) is 0 Å². The fourth-order valence-electron chi connectivity index (χ4n) is 10.2. The largest absolute Gasteiger partial charge is 0.310 e. The highest BCUT2D eigenvalue weighted by molar-refractivity contribution is 6.25. The van der Waals surface area contributed by atoms with Crippen molar-refractivity contribution in [2.75, 3.05) is 4.90 Å². The van der Waals surface area contributed by atoms with Gasteiger partial charge in [-0.1, -0.05) is 182 Å². The molecule has 10 aromatic rings. The summed E-state index contributed by atoms with van der Waals surface area (Å²) in [7, 11) is 0. The van der Waals surface area contributed by atoms with Crippen LogP contribution in [0.1, 0.15) is 22.3 Å². The third-order valence-electron chi connectivity index (χ3n) is 12.4. The van der Waals surface area contributed by atoms with Gasteiger partial charge in [0.15, 0.2) is 0 Å². The Labute approximate surface area is 326 Å². The minimum atomic E-state index is -0.512. The number of hydrogen-bond acceptors (Lipinski definition) is 1. The third kappa shape index (κ3) is 4.20. The van der Waals surface area contributed by atoms with E-state index in [1.807, 2.05) is 0 Å². The molecular formula is C55H35N. The summed E-state index contributed by atoms with van der Waals surface area (Å²) < 4.78 is 0. The van der Waals surface area contributed by atoms with E-state index in [9.17, 15) is 0 Å². The Hall–Kier alpha value is -7.22. The molecule has 0 unspecified atom stereocenters. The van der Waals surface area contributed by atoms with Crippen molar-refractivity contribution in [3.05, 3.63) is 235 Å². The second kappa shape index (κ2) is 11.9. The molecule has 1 aliphatic heterocycles. The number of hydrogen-bond donors (Lipinski definition) is 0. The predicted octanol–water partition coefficient (Wildman–Crippen LogP) is 14.6. The van der Waals surface area contributed by atoms with E-state index in [2.05, 4.69) is 217 Å². The molecule has 1 heterocycles. The molecule has 260 valence electrons. The Morgan fingerprint density at radius 3 is 1.41 bits per heavy atom. The minimum Gasteiger partial charge on any atom is -0.310 e. The molecule has 0 N–H and O–H groups in total. The monoisotopic (exact) mass is 709 g/mol. The fraction of sp³-hybridized carbons (Fsp3) is 0.0182. The number of para-hydroxylation sites is 3. The van der Waals surface area contributed by atoms with Crippen LogP contribution >= 0.6 is 0 Å². The van der Waals surface area contributed by atoms with Crippen molar-refractivity contribution in [2.45, 2.75) is 5.41 Å². The lowest BCUT2D eigenvalue weighted by Gasteiger charge is -2.45. The van der Waals surface area contributed by atoms with Crippen molar-refractivity contribution in [3.63, 3.8) is 0 Å². The van der Waals surface area contributed by atoms with Gasteiger partial charge in [-0.2, -0.15) is 0 Å². The van der Waals surface area contributed by atoms with Gasteiger partial charge in [0.05, 0.1) is 16.8 Å². The molecule has 1 nitrogen and oxygen atoms in total. The first kappa shape index (κ1) is 31.2. The number of rotatable bonds is 3. The van der Waals surface area contributed by atoms with Gasteiger partial charge in [0, 0.05) is 5.69 Å². The van der Waals surface area contributed by atoms with E-state index in [4.69, 9.17) is 0 Å². The number of nitrogens with zero attached hydrogens (tertiary/aromatic N) is 1. The number of benzene rings is 10. The summed E-state index contributed by atoms with van der Waals surface area (Å²) in [4.78, 5) is 2.45. The maximum Gasteiger partial charge on any atom is 0.0760 e. The van der Waals surface area contributed by atoms with Gasteiger partial charge in [-0.15, -0.1) is 0 Å². The molecule has 1 spiro atoms. The normalized spacial score (nSPS) is 13.5. The highest BCUT2D eigenvalue weighted by Gasteiger charge is 2.52. The van der Waals surface area contributed by atoms with Crippen LogP contribution in [0.15, 0.2) is 212 Å². The molecule has 0 bridgehead atoms. The van der Waals surface area contributed by atoms with E-state index in [-0.39, 0.29) is 0 Å². The Morgan fingerprint density at radius 2 is 0.750 bits per heavy atom. The van der Waals surface area contributed by atoms with Gasteiger partial charge in [-0.05, 0) is 118 Å². The van der Waals surface area contributed by atoms with Gasteiger partial charge in [-0.3, -0.25) is 0 Å². The first-order valence-electron chi connectivity index (χ1n) is 19.5. The van der Waals surface area contributed by atoms with E-state index >= 15 is 0 Å². The molecule has 10 aromatic carbocycles. The van der Waals surface area contributed by atoms with Crippen molar-refractivity contribution >= 4 is 49.4 Å². The van der Waals surface area contributed by atoms with Gasteiger partial charge >= 0.3 is 0 Å². The summed E-state index contributed by atoms with van der Waals surface area (Å²) >= 11 is 0. The Bertz CT molecular complexity index is 3110. The molecule has 0 atom stereocenters. The molecule has 12 rings (SSSR count). The molecule has 0 saturated carbocycles. The molecule has 0 radical (unpaired) electrons. The van der Waals surface area contributed by atoms with Crippen LogP contribution in [0.3, 0.4) is 0 Å². The van der Waals surface area contributed by atoms with Gasteiger partial charge in [0.2, 0.25) is 0 Å². The summed E-state index contributed by atoms with van der Waals surface area (Å²) in [6.07, 6.45) is 0. The summed E-state index contributed by atoms with van der Waals surface area (Å²) in [6, 6.07) is 78.8. The van der Waals surface area contributed by atoms with Crippen LogP contribution < -0.4 is 4.90 Å². The summed E-state index contributed by atoms with van der Waals surface area (Å²) in [5.74, 6) is 0. The van der Waals surface area contributed by atoms with Crippen LogP contribution in [0.25, 0.3) is 65.7 Å². The van der Waals surface area contributed by atoms with Gasteiger partial charge in [0.25, 0.3) is 0 Å². The topological polar surface area (TPSA) is 3.24 Å².